The van der Waals surface area contributed by atoms with Gasteiger partial charge in [0.15, 0.2) is 0 Å². The minimum atomic E-state index is -3.00. The van der Waals surface area contributed by atoms with E-state index < -0.39 is 12.6 Å². The van der Waals surface area contributed by atoms with Crippen molar-refractivity contribution in [2.75, 3.05) is 19.0 Å². The molecule has 0 aliphatic carbocycles. The lowest BCUT2D eigenvalue weighted by Gasteiger charge is -2.16. The molecule has 0 spiro atoms. The molecule has 2 rings (SSSR count). The molecule has 0 saturated heterocycles. The van der Waals surface area contributed by atoms with E-state index in [0.717, 1.165) is 11.4 Å². The van der Waals surface area contributed by atoms with E-state index >= 15 is 0 Å². The molecular formula is C18H24F2N4O3. The lowest BCUT2D eigenvalue weighted by Crippen LogP contribution is -2.34. The van der Waals surface area contributed by atoms with Crippen LogP contribution in [0.25, 0.3) is 0 Å². The van der Waals surface area contributed by atoms with Gasteiger partial charge >= 0.3 is 12.6 Å². The fourth-order valence-corrected chi connectivity index (χ4v) is 2.59. The predicted octanol–water partition coefficient (Wildman–Crippen LogP) is 3.57. The van der Waals surface area contributed by atoms with Crippen LogP contribution in [0.5, 0.6) is 11.5 Å². The number of aromatic nitrogens is 2. The summed E-state index contributed by atoms with van der Waals surface area (Å²) in [6.45, 7) is 3.92. The first-order valence-electron chi connectivity index (χ1n) is 8.47. The van der Waals surface area contributed by atoms with Crippen molar-refractivity contribution in [1.82, 2.24) is 15.1 Å². The minimum Gasteiger partial charge on any atom is -0.497 e. The highest BCUT2D eigenvalue weighted by Gasteiger charge is 2.14. The molecule has 148 valence electrons. The van der Waals surface area contributed by atoms with E-state index in [1.54, 1.807) is 0 Å². The van der Waals surface area contributed by atoms with Crippen LogP contribution in [0.3, 0.4) is 0 Å². The highest BCUT2D eigenvalue weighted by Crippen LogP contribution is 2.30. The van der Waals surface area contributed by atoms with E-state index in [0.29, 0.717) is 18.8 Å². The summed E-state index contributed by atoms with van der Waals surface area (Å²) < 4.78 is 36.4. The van der Waals surface area contributed by atoms with E-state index in [-0.39, 0.29) is 17.4 Å². The highest BCUT2D eigenvalue weighted by atomic mass is 19.3. The summed E-state index contributed by atoms with van der Waals surface area (Å²) in [6, 6.07) is 5.66. The second-order valence-corrected chi connectivity index (χ2v) is 6.29. The molecule has 1 aromatic carbocycles. The Morgan fingerprint density at radius 3 is 2.63 bits per heavy atom. The van der Waals surface area contributed by atoms with Crippen LogP contribution in [0.15, 0.2) is 24.3 Å². The zero-order valence-corrected chi connectivity index (χ0v) is 15.8. The van der Waals surface area contributed by atoms with Gasteiger partial charge < -0.3 is 20.1 Å². The normalized spacial score (nSPS) is 12.0. The molecule has 1 atom stereocenters. The number of carbonyl (C=O) groups excluding carboxylic acids is 1. The largest absolute Gasteiger partial charge is 0.497 e. The van der Waals surface area contributed by atoms with Gasteiger partial charge in [0.1, 0.15) is 11.5 Å². The van der Waals surface area contributed by atoms with Crippen LogP contribution in [0.1, 0.15) is 18.3 Å². The van der Waals surface area contributed by atoms with Crippen molar-refractivity contribution in [3.8, 4) is 11.5 Å². The molecule has 2 amide bonds. The average Bonchev–Trinajstić information content (AvgIpc) is 2.91. The number of rotatable bonds is 8. The number of halogens is 2. The van der Waals surface area contributed by atoms with Crippen molar-refractivity contribution < 1.29 is 23.0 Å². The molecule has 2 N–H and O–H groups in total. The van der Waals surface area contributed by atoms with Crippen molar-refractivity contribution in [3.63, 3.8) is 0 Å². The number of hydrogen-bond donors (Lipinski definition) is 2. The minimum absolute atomic E-state index is 0.0957. The second kappa shape index (κ2) is 9.20. The van der Waals surface area contributed by atoms with Gasteiger partial charge in [-0.2, -0.15) is 13.9 Å². The monoisotopic (exact) mass is 382 g/mol. The zero-order chi connectivity index (χ0) is 20.0. The molecule has 27 heavy (non-hydrogen) atoms. The lowest BCUT2D eigenvalue weighted by molar-refractivity contribution is -0.0493. The summed E-state index contributed by atoms with van der Waals surface area (Å²) in [5.41, 5.74) is 2.09. The molecule has 7 nitrogen and oxygen atoms in total. The fourth-order valence-electron chi connectivity index (χ4n) is 2.59. The molecule has 0 unspecified atom stereocenters. The Hall–Kier alpha value is -2.84. The SMILES string of the molecule is COc1ccc(OC(F)F)c(NC(=O)NC[C@@H](C)Cn2nc(C)cc2C)c1. The number of amides is 2. The first-order chi connectivity index (χ1) is 12.8. The summed E-state index contributed by atoms with van der Waals surface area (Å²) in [5, 5.41) is 9.63. The van der Waals surface area contributed by atoms with Gasteiger partial charge in [-0.3, -0.25) is 4.68 Å². The number of alkyl halides is 2. The van der Waals surface area contributed by atoms with Gasteiger partial charge in [0.05, 0.1) is 18.5 Å². The number of nitrogens with zero attached hydrogens (tertiary/aromatic N) is 2. The van der Waals surface area contributed by atoms with Crippen LogP contribution in [0.2, 0.25) is 0 Å². The Kier molecular flexibility index (Phi) is 6.98. The maximum Gasteiger partial charge on any atom is 0.387 e. The van der Waals surface area contributed by atoms with Crippen molar-refractivity contribution in [2.45, 2.75) is 33.9 Å². The fraction of sp³-hybridized carbons (Fsp3) is 0.444. The standard InChI is InChI=1S/C18H24F2N4O3/c1-11(10-24-13(3)7-12(2)23-24)9-21-18(25)22-15-8-14(26-4)5-6-16(15)27-17(19)20/h5-8,11,17H,9-10H2,1-4H3,(H2,21,22,25)/t11-/m1/s1. The third-order valence-corrected chi connectivity index (χ3v) is 3.85. The third kappa shape index (κ3) is 6.12. The number of hydrogen-bond acceptors (Lipinski definition) is 4. The number of carbonyl (C=O) groups is 1. The first-order valence-corrected chi connectivity index (χ1v) is 8.47. The molecule has 9 heteroatoms. The van der Waals surface area contributed by atoms with Crippen LogP contribution >= 0.6 is 0 Å². The van der Waals surface area contributed by atoms with Crippen molar-refractivity contribution in [1.29, 1.82) is 0 Å². The van der Waals surface area contributed by atoms with E-state index in [2.05, 4.69) is 20.5 Å². The van der Waals surface area contributed by atoms with Gasteiger partial charge in [0.25, 0.3) is 0 Å². The summed E-state index contributed by atoms with van der Waals surface area (Å²) in [6.07, 6.45) is 0. The van der Waals surface area contributed by atoms with Gasteiger partial charge in [0, 0.05) is 24.8 Å². The van der Waals surface area contributed by atoms with Crippen LogP contribution in [0.4, 0.5) is 19.3 Å². The smallest absolute Gasteiger partial charge is 0.387 e. The molecular weight excluding hydrogens is 358 g/mol. The van der Waals surface area contributed by atoms with Crippen LogP contribution in [0, 0.1) is 19.8 Å². The molecule has 1 aromatic heterocycles. The van der Waals surface area contributed by atoms with E-state index in [1.165, 1.54) is 25.3 Å². The van der Waals surface area contributed by atoms with Gasteiger partial charge in [0.2, 0.25) is 0 Å². The van der Waals surface area contributed by atoms with Crippen molar-refractivity contribution in [3.05, 3.63) is 35.7 Å². The first kappa shape index (κ1) is 20.5. The van der Waals surface area contributed by atoms with Crippen molar-refractivity contribution in [2.24, 2.45) is 5.92 Å². The quantitative estimate of drug-likeness (QED) is 0.732. The summed E-state index contributed by atoms with van der Waals surface area (Å²) in [4.78, 5) is 12.1. The highest BCUT2D eigenvalue weighted by molar-refractivity contribution is 5.91. The molecule has 0 aliphatic rings. The lowest BCUT2D eigenvalue weighted by atomic mass is 10.2. The topological polar surface area (TPSA) is 77.4 Å². The predicted molar refractivity (Wildman–Crippen MR) is 97.5 cm³/mol. The van der Waals surface area contributed by atoms with Crippen molar-refractivity contribution >= 4 is 11.7 Å². The van der Waals surface area contributed by atoms with Gasteiger partial charge in [-0.05, 0) is 38.0 Å². The van der Waals surface area contributed by atoms with E-state index in [1.807, 2.05) is 31.5 Å². The molecule has 0 saturated carbocycles. The van der Waals surface area contributed by atoms with Crippen LogP contribution < -0.4 is 20.1 Å². The number of anilines is 1. The van der Waals surface area contributed by atoms with Gasteiger partial charge in [-0.15, -0.1) is 0 Å². The van der Waals surface area contributed by atoms with Crippen LogP contribution in [-0.4, -0.2) is 36.1 Å². The Morgan fingerprint density at radius 1 is 1.30 bits per heavy atom. The Balaban J connectivity index is 1.93. The summed E-state index contributed by atoms with van der Waals surface area (Å²) >= 11 is 0. The molecule has 0 radical (unpaired) electrons. The molecule has 2 aromatic rings. The maximum absolute atomic E-state index is 12.5. The van der Waals surface area contributed by atoms with E-state index in [4.69, 9.17) is 4.74 Å². The Bertz CT molecular complexity index is 780. The number of methoxy groups -OCH3 is 1. The second-order valence-electron chi connectivity index (χ2n) is 6.29. The van der Waals surface area contributed by atoms with Crippen LogP contribution in [-0.2, 0) is 6.54 Å². The van der Waals surface area contributed by atoms with E-state index in [9.17, 15) is 13.6 Å². The molecule has 1 heterocycles. The summed E-state index contributed by atoms with van der Waals surface area (Å²) in [7, 11) is 1.44. The maximum atomic E-state index is 12.5. The number of benzene rings is 1. The van der Waals surface area contributed by atoms with Gasteiger partial charge in [-0.25, -0.2) is 4.79 Å². The summed E-state index contributed by atoms with van der Waals surface area (Å²) in [5.74, 6) is 0.386. The zero-order valence-electron chi connectivity index (χ0n) is 15.8. The average molecular weight is 382 g/mol. The molecule has 0 fully saturated rings. The van der Waals surface area contributed by atoms with Gasteiger partial charge in [-0.1, -0.05) is 6.92 Å². The number of aryl methyl sites for hydroxylation is 2. The molecule has 0 bridgehead atoms. The third-order valence-electron chi connectivity index (χ3n) is 3.85. The number of urea groups is 1. The Morgan fingerprint density at radius 2 is 2.04 bits per heavy atom. The molecule has 0 aliphatic heterocycles. The number of nitrogens with one attached hydrogen (secondary N) is 2. The number of ether oxygens (including phenoxy) is 2. The Labute approximate surface area is 156 Å².